The molecule has 2 amide bonds. The lowest BCUT2D eigenvalue weighted by molar-refractivity contribution is -0.118. The van der Waals surface area contributed by atoms with Gasteiger partial charge in [0.05, 0.1) is 18.7 Å². The molecule has 0 bridgehead atoms. The largest absolute Gasteiger partial charge is 0.491 e. The molecule has 3 rings (SSSR count). The second-order valence-electron chi connectivity index (χ2n) is 6.51. The topological polar surface area (TPSA) is 86.3 Å². The lowest BCUT2D eigenvalue weighted by Crippen LogP contribution is -2.16. The molecule has 1 aromatic heterocycles. The van der Waals surface area contributed by atoms with Gasteiger partial charge in [0.2, 0.25) is 5.91 Å². The van der Waals surface area contributed by atoms with Gasteiger partial charge in [0.15, 0.2) is 0 Å². The zero-order valence-corrected chi connectivity index (χ0v) is 15.9. The van der Waals surface area contributed by atoms with Crippen molar-refractivity contribution < 1.29 is 14.3 Å². The van der Waals surface area contributed by atoms with E-state index in [9.17, 15) is 9.59 Å². The van der Waals surface area contributed by atoms with Gasteiger partial charge in [-0.25, -0.2) is 0 Å². The molecule has 0 radical (unpaired) electrons. The number of carbonyl (C=O) groups is 2. The second kappa shape index (κ2) is 8.43. The Bertz CT molecular complexity index is 971. The van der Waals surface area contributed by atoms with E-state index in [0.717, 1.165) is 17.1 Å². The van der Waals surface area contributed by atoms with Gasteiger partial charge in [0.1, 0.15) is 5.75 Å². The third kappa shape index (κ3) is 4.40. The third-order valence-electron chi connectivity index (χ3n) is 4.40. The number of aromatic nitrogens is 1. The number of anilines is 1. The summed E-state index contributed by atoms with van der Waals surface area (Å²) in [7, 11) is 0. The molecule has 0 fully saturated rings. The normalized spacial score (nSPS) is 10.5. The highest BCUT2D eigenvalue weighted by Crippen LogP contribution is 2.25. The average Bonchev–Trinajstić information content (AvgIpc) is 3.01. The Morgan fingerprint density at radius 1 is 0.964 bits per heavy atom. The van der Waals surface area contributed by atoms with Crippen molar-refractivity contribution >= 4 is 17.5 Å². The number of nitrogens with zero attached hydrogens (tertiary/aromatic N) is 1. The molecule has 1 heterocycles. The van der Waals surface area contributed by atoms with E-state index >= 15 is 0 Å². The van der Waals surface area contributed by atoms with Crippen LogP contribution in [0.25, 0.3) is 5.69 Å². The number of hydrogen-bond donors (Lipinski definition) is 2. The molecule has 144 valence electrons. The van der Waals surface area contributed by atoms with E-state index in [2.05, 4.69) is 22.0 Å². The molecule has 0 saturated carbocycles. The van der Waals surface area contributed by atoms with Gasteiger partial charge in [-0.15, -0.1) is 0 Å². The molecule has 0 aliphatic rings. The molecular weight excluding hydrogens is 354 g/mol. The minimum absolute atomic E-state index is 0.113. The first-order valence-corrected chi connectivity index (χ1v) is 9.02. The van der Waals surface area contributed by atoms with E-state index in [1.165, 1.54) is 0 Å². The Morgan fingerprint density at radius 2 is 1.61 bits per heavy atom. The zero-order valence-electron chi connectivity index (χ0n) is 15.9. The van der Waals surface area contributed by atoms with Gasteiger partial charge in [-0.05, 0) is 62.4 Å². The molecule has 0 unspecified atom stereocenters. The lowest BCUT2D eigenvalue weighted by atomic mass is 10.1. The van der Waals surface area contributed by atoms with Crippen molar-refractivity contribution in [2.24, 2.45) is 5.73 Å². The third-order valence-corrected chi connectivity index (χ3v) is 4.40. The van der Waals surface area contributed by atoms with Gasteiger partial charge in [-0.3, -0.25) is 9.59 Å². The fourth-order valence-electron chi connectivity index (χ4n) is 2.99. The Kier molecular flexibility index (Phi) is 5.79. The predicted octanol–water partition coefficient (Wildman–Crippen LogP) is 3.60. The maximum absolute atomic E-state index is 12.6. The van der Waals surface area contributed by atoms with Crippen LogP contribution >= 0.6 is 0 Å². The fraction of sp³-hybridized carbons (Fsp3) is 0.182. The zero-order chi connectivity index (χ0) is 20.1. The van der Waals surface area contributed by atoms with Crippen LogP contribution in [0.2, 0.25) is 0 Å². The monoisotopic (exact) mass is 377 g/mol. The molecule has 0 saturated heterocycles. The number of nitrogens with one attached hydrogen (secondary N) is 1. The van der Waals surface area contributed by atoms with Crippen LogP contribution in [0.1, 0.15) is 28.2 Å². The van der Waals surface area contributed by atoms with Crippen molar-refractivity contribution in [3.05, 3.63) is 77.6 Å². The van der Waals surface area contributed by atoms with E-state index in [1.54, 1.807) is 36.4 Å². The summed E-state index contributed by atoms with van der Waals surface area (Å²) in [6.45, 7) is 4.25. The summed E-state index contributed by atoms with van der Waals surface area (Å²) < 4.78 is 7.69. The number of carbonyl (C=O) groups excluding carboxylic acids is 2. The first-order chi connectivity index (χ1) is 13.5. The number of ether oxygens (including phenoxy) is 1. The van der Waals surface area contributed by atoms with Crippen LogP contribution in [0.5, 0.6) is 5.75 Å². The summed E-state index contributed by atoms with van der Waals surface area (Å²) in [5.74, 6) is -0.180. The van der Waals surface area contributed by atoms with Crippen LogP contribution in [0.4, 0.5) is 5.69 Å². The number of hydrogen-bond acceptors (Lipinski definition) is 3. The first-order valence-electron chi connectivity index (χ1n) is 9.02. The summed E-state index contributed by atoms with van der Waals surface area (Å²) in [5, 5.41) is 2.86. The van der Waals surface area contributed by atoms with E-state index in [-0.39, 0.29) is 18.9 Å². The van der Waals surface area contributed by atoms with Crippen molar-refractivity contribution in [3.63, 3.8) is 0 Å². The van der Waals surface area contributed by atoms with E-state index in [4.69, 9.17) is 10.5 Å². The number of rotatable bonds is 7. The Balaban J connectivity index is 1.72. The Labute approximate surface area is 163 Å². The van der Waals surface area contributed by atoms with E-state index in [1.807, 2.05) is 26.0 Å². The molecule has 0 aliphatic carbocycles. The van der Waals surface area contributed by atoms with Gasteiger partial charge in [-0.1, -0.05) is 12.1 Å². The van der Waals surface area contributed by atoms with Crippen LogP contribution in [0, 0.1) is 13.8 Å². The standard InChI is InChI=1S/C22H23N3O3/c1-15-7-8-16(2)25(15)18-11-9-17(10-12-18)22(27)24-19-5-3-4-6-20(19)28-14-13-21(23)26/h3-12H,13-14H2,1-2H3,(H2,23,26)(H,24,27). The first kappa shape index (κ1) is 19.2. The number of amides is 2. The predicted molar refractivity (Wildman–Crippen MR) is 109 cm³/mol. The number of primary amides is 1. The molecule has 6 heteroatoms. The van der Waals surface area contributed by atoms with Crippen LogP contribution in [0.15, 0.2) is 60.7 Å². The Morgan fingerprint density at radius 3 is 2.25 bits per heavy atom. The van der Waals surface area contributed by atoms with Crippen molar-refractivity contribution in [2.75, 3.05) is 11.9 Å². The van der Waals surface area contributed by atoms with Gasteiger partial charge >= 0.3 is 0 Å². The van der Waals surface area contributed by atoms with E-state index < -0.39 is 5.91 Å². The lowest BCUT2D eigenvalue weighted by Gasteiger charge is -2.13. The number of aryl methyl sites for hydroxylation is 2. The van der Waals surface area contributed by atoms with Crippen LogP contribution in [-0.2, 0) is 4.79 Å². The maximum Gasteiger partial charge on any atom is 0.255 e. The highest BCUT2D eigenvalue weighted by atomic mass is 16.5. The molecular formula is C22H23N3O3. The molecule has 3 N–H and O–H groups in total. The number of nitrogens with two attached hydrogens (primary N) is 1. The molecule has 0 spiro atoms. The number of para-hydroxylation sites is 2. The smallest absolute Gasteiger partial charge is 0.255 e. The Hall–Kier alpha value is -3.54. The van der Waals surface area contributed by atoms with E-state index in [0.29, 0.717) is 17.0 Å². The van der Waals surface area contributed by atoms with Gasteiger partial charge in [-0.2, -0.15) is 0 Å². The molecule has 6 nitrogen and oxygen atoms in total. The van der Waals surface area contributed by atoms with Gasteiger partial charge in [0, 0.05) is 22.6 Å². The highest BCUT2D eigenvalue weighted by molar-refractivity contribution is 6.05. The molecule has 3 aromatic rings. The second-order valence-corrected chi connectivity index (χ2v) is 6.51. The minimum atomic E-state index is -0.435. The molecule has 28 heavy (non-hydrogen) atoms. The molecule has 0 aliphatic heterocycles. The fourth-order valence-corrected chi connectivity index (χ4v) is 2.99. The van der Waals surface area contributed by atoms with Crippen molar-refractivity contribution in [2.45, 2.75) is 20.3 Å². The van der Waals surface area contributed by atoms with Crippen LogP contribution in [-0.4, -0.2) is 23.0 Å². The summed E-state index contributed by atoms with van der Waals surface area (Å²) in [6.07, 6.45) is 0.113. The molecule has 0 atom stereocenters. The van der Waals surface area contributed by atoms with Crippen molar-refractivity contribution in [3.8, 4) is 11.4 Å². The van der Waals surface area contributed by atoms with Crippen molar-refractivity contribution in [1.29, 1.82) is 0 Å². The minimum Gasteiger partial charge on any atom is -0.491 e. The quantitative estimate of drug-likeness (QED) is 0.660. The number of benzene rings is 2. The summed E-state index contributed by atoms with van der Waals surface area (Å²) >= 11 is 0. The highest BCUT2D eigenvalue weighted by Gasteiger charge is 2.11. The summed E-state index contributed by atoms with van der Waals surface area (Å²) in [5.41, 5.74) is 9.48. The average molecular weight is 377 g/mol. The van der Waals surface area contributed by atoms with Gasteiger partial charge < -0.3 is 20.4 Å². The summed E-state index contributed by atoms with van der Waals surface area (Å²) in [6, 6.07) is 18.6. The van der Waals surface area contributed by atoms with Crippen molar-refractivity contribution in [1.82, 2.24) is 4.57 Å². The van der Waals surface area contributed by atoms with Crippen LogP contribution < -0.4 is 15.8 Å². The molecule has 2 aromatic carbocycles. The van der Waals surface area contributed by atoms with Gasteiger partial charge in [0.25, 0.3) is 5.91 Å². The van der Waals surface area contributed by atoms with Crippen LogP contribution in [0.3, 0.4) is 0 Å². The SMILES string of the molecule is Cc1ccc(C)n1-c1ccc(C(=O)Nc2ccccc2OCCC(N)=O)cc1. The summed E-state index contributed by atoms with van der Waals surface area (Å²) in [4.78, 5) is 23.5. The maximum atomic E-state index is 12.6.